The summed E-state index contributed by atoms with van der Waals surface area (Å²) < 4.78 is 0. The van der Waals surface area contributed by atoms with Crippen molar-refractivity contribution < 1.29 is 4.79 Å². The number of amides is 1. The third kappa shape index (κ3) is 4.75. The number of nitrogens with two attached hydrogens (primary N) is 1. The first-order valence-corrected chi connectivity index (χ1v) is 5.63. The molecular weight excluding hydrogens is 236 g/mol. The highest BCUT2D eigenvalue weighted by atomic mass is 35.5. The van der Waals surface area contributed by atoms with E-state index in [1.165, 1.54) is 0 Å². The molecule has 1 aromatic rings. The molecule has 0 aromatic heterocycles. The number of carbonyl (C=O) groups excluding carboxylic acids is 1. The molecule has 0 aliphatic carbocycles. The molecule has 0 spiro atoms. The number of benzene rings is 1. The molecule has 17 heavy (non-hydrogen) atoms. The molecule has 3 N–H and O–H groups in total. The van der Waals surface area contributed by atoms with Crippen LogP contribution in [-0.4, -0.2) is 11.9 Å². The smallest absolute Gasteiger partial charge is 0.237 e. The van der Waals surface area contributed by atoms with Crippen molar-refractivity contribution in [2.45, 2.75) is 32.9 Å². The van der Waals surface area contributed by atoms with Crippen LogP contribution in [0.15, 0.2) is 30.3 Å². The molecule has 0 bridgehead atoms. The van der Waals surface area contributed by atoms with Crippen molar-refractivity contribution in [2.24, 2.45) is 11.7 Å². The summed E-state index contributed by atoms with van der Waals surface area (Å²) in [6, 6.07) is 9.52. The summed E-state index contributed by atoms with van der Waals surface area (Å²) in [7, 11) is 0. The van der Waals surface area contributed by atoms with Gasteiger partial charge in [-0.1, -0.05) is 44.2 Å². The van der Waals surface area contributed by atoms with Gasteiger partial charge in [-0.05, 0) is 18.4 Å². The van der Waals surface area contributed by atoms with Crippen LogP contribution < -0.4 is 11.1 Å². The molecule has 1 unspecified atom stereocenters. The number of carbonyl (C=O) groups is 1. The summed E-state index contributed by atoms with van der Waals surface area (Å²) in [5, 5.41) is 2.97. The van der Waals surface area contributed by atoms with Crippen LogP contribution in [0, 0.1) is 5.92 Å². The van der Waals surface area contributed by atoms with Gasteiger partial charge in [-0.25, -0.2) is 0 Å². The molecule has 0 aliphatic heterocycles. The maximum absolute atomic E-state index is 11.6. The average molecular weight is 257 g/mol. The van der Waals surface area contributed by atoms with Crippen LogP contribution in [0.4, 0.5) is 0 Å². The minimum atomic E-state index is -0.468. The Morgan fingerprint density at radius 1 is 1.18 bits per heavy atom. The van der Waals surface area contributed by atoms with Crippen LogP contribution in [-0.2, 0) is 4.79 Å². The number of nitrogens with one attached hydrogen (secondary N) is 1. The number of hydrogen-bond acceptors (Lipinski definition) is 2. The highest BCUT2D eigenvalue weighted by Gasteiger charge is 2.19. The standard InChI is InChI=1S/C13H20N2O.ClH/c1-9(2)12(15-13(16)10(3)14)11-7-5-4-6-8-11;/h4-10,12H,14H2,1-3H3,(H,15,16);1H/t10-,12?;/m1./s1. The quantitative estimate of drug-likeness (QED) is 0.868. The number of halogens is 1. The Kier molecular flexibility index (Phi) is 6.85. The van der Waals surface area contributed by atoms with Crippen LogP contribution in [0.2, 0.25) is 0 Å². The second-order valence-electron chi connectivity index (χ2n) is 4.43. The van der Waals surface area contributed by atoms with Crippen molar-refractivity contribution in [1.29, 1.82) is 0 Å². The Balaban J connectivity index is 0.00000256. The first-order chi connectivity index (χ1) is 7.52. The topological polar surface area (TPSA) is 55.1 Å². The second kappa shape index (κ2) is 7.30. The van der Waals surface area contributed by atoms with E-state index in [1.54, 1.807) is 6.92 Å². The van der Waals surface area contributed by atoms with Gasteiger partial charge in [0.2, 0.25) is 5.91 Å². The summed E-state index contributed by atoms with van der Waals surface area (Å²) in [6.45, 7) is 5.86. The van der Waals surface area contributed by atoms with Crippen LogP contribution in [0.3, 0.4) is 0 Å². The molecule has 0 radical (unpaired) electrons. The van der Waals surface area contributed by atoms with E-state index in [0.717, 1.165) is 5.56 Å². The molecule has 4 heteroatoms. The second-order valence-corrected chi connectivity index (χ2v) is 4.43. The molecule has 0 saturated carbocycles. The molecular formula is C13H21ClN2O. The lowest BCUT2D eigenvalue weighted by atomic mass is 9.96. The highest BCUT2D eigenvalue weighted by molar-refractivity contribution is 5.85. The van der Waals surface area contributed by atoms with Crippen molar-refractivity contribution in [1.82, 2.24) is 5.32 Å². The monoisotopic (exact) mass is 256 g/mol. The van der Waals surface area contributed by atoms with Gasteiger partial charge in [-0.2, -0.15) is 0 Å². The van der Waals surface area contributed by atoms with E-state index in [9.17, 15) is 4.79 Å². The molecule has 0 saturated heterocycles. The summed E-state index contributed by atoms with van der Waals surface area (Å²) in [5.41, 5.74) is 6.67. The van der Waals surface area contributed by atoms with Crippen molar-refractivity contribution >= 4 is 18.3 Å². The van der Waals surface area contributed by atoms with Gasteiger partial charge in [0, 0.05) is 0 Å². The molecule has 1 amide bonds. The first-order valence-electron chi connectivity index (χ1n) is 5.63. The zero-order chi connectivity index (χ0) is 12.1. The third-order valence-corrected chi connectivity index (χ3v) is 2.54. The Bertz CT molecular complexity index is 339. The van der Waals surface area contributed by atoms with E-state index < -0.39 is 6.04 Å². The van der Waals surface area contributed by atoms with Crippen LogP contribution >= 0.6 is 12.4 Å². The van der Waals surface area contributed by atoms with E-state index in [1.807, 2.05) is 30.3 Å². The molecule has 96 valence electrons. The minimum absolute atomic E-state index is 0. The van der Waals surface area contributed by atoms with Crippen molar-refractivity contribution in [3.63, 3.8) is 0 Å². The predicted molar refractivity (Wildman–Crippen MR) is 73.1 cm³/mol. The van der Waals surface area contributed by atoms with Crippen molar-refractivity contribution in [3.05, 3.63) is 35.9 Å². The maximum atomic E-state index is 11.6. The Hall–Kier alpha value is -1.06. The lowest BCUT2D eigenvalue weighted by molar-refractivity contribution is -0.123. The van der Waals surface area contributed by atoms with E-state index >= 15 is 0 Å². The van der Waals surface area contributed by atoms with E-state index in [-0.39, 0.29) is 24.4 Å². The van der Waals surface area contributed by atoms with Crippen molar-refractivity contribution in [3.8, 4) is 0 Å². The van der Waals surface area contributed by atoms with E-state index in [2.05, 4.69) is 19.2 Å². The molecule has 3 nitrogen and oxygen atoms in total. The van der Waals surface area contributed by atoms with Gasteiger partial charge in [0.05, 0.1) is 12.1 Å². The summed E-state index contributed by atoms with van der Waals surface area (Å²) in [4.78, 5) is 11.6. The number of rotatable bonds is 4. The Morgan fingerprint density at radius 2 is 1.71 bits per heavy atom. The molecule has 0 fully saturated rings. The van der Waals surface area contributed by atoms with Gasteiger partial charge >= 0.3 is 0 Å². The maximum Gasteiger partial charge on any atom is 0.237 e. The average Bonchev–Trinajstić information content (AvgIpc) is 2.26. The normalized spacial score (nSPS) is 13.7. The largest absolute Gasteiger partial charge is 0.348 e. The third-order valence-electron chi connectivity index (χ3n) is 2.54. The lowest BCUT2D eigenvalue weighted by Crippen LogP contribution is -2.41. The van der Waals surface area contributed by atoms with E-state index in [0.29, 0.717) is 5.92 Å². The Labute approximate surface area is 109 Å². The van der Waals surface area contributed by atoms with Gasteiger partial charge < -0.3 is 11.1 Å². The predicted octanol–water partition coefficient (Wildman–Crippen LogP) is 2.27. The zero-order valence-corrected chi connectivity index (χ0v) is 11.3. The molecule has 0 aliphatic rings. The van der Waals surface area contributed by atoms with Gasteiger partial charge in [0.1, 0.15) is 0 Å². The lowest BCUT2D eigenvalue weighted by Gasteiger charge is -2.23. The highest BCUT2D eigenvalue weighted by Crippen LogP contribution is 2.21. The molecule has 2 atom stereocenters. The molecule has 0 heterocycles. The van der Waals surface area contributed by atoms with E-state index in [4.69, 9.17) is 5.73 Å². The van der Waals surface area contributed by atoms with Crippen molar-refractivity contribution in [2.75, 3.05) is 0 Å². The van der Waals surface area contributed by atoms with Gasteiger partial charge in [0.25, 0.3) is 0 Å². The Morgan fingerprint density at radius 3 is 2.12 bits per heavy atom. The molecule has 1 rings (SSSR count). The van der Waals surface area contributed by atoms with Gasteiger partial charge in [0.15, 0.2) is 0 Å². The fraction of sp³-hybridized carbons (Fsp3) is 0.462. The molecule has 1 aromatic carbocycles. The van der Waals surface area contributed by atoms with Gasteiger partial charge in [-0.15, -0.1) is 12.4 Å². The van der Waals surface area contributed by atoms with Crippen LogP contribution in [0.25, 0.3) is 0 Å². The minimum Gasteiger partial charge on any atom is -0.348 e. The fourth-order valence-corrected chi connectivity index (χ4v) is 1.58. The summed E-state index contributed by atoms with van der Waals surface area (Å²) >= 11 is 0. The SMILES string of the molecule is CC(C)C(NC(=O)[C@@H](C)N)c1ccccc1.Cl. The van der Waals surface area contributed by atoms with Crippen LogP contribution in [0.1, 0.15) is 32.4 Å². The number of hydrogen-bond donors (Lipinski definition) is 2. The first kappa shape index (κ1) is 15.9. The fourth-order valence-electron chi connectivity index (χ4n) is 1.58. The summed E-state index contributed by atoms with van der Waals surface area (Å²) in [6.07, 6.45) is 0. The zero-order valence-electron chi connectivity index (χ0n) is 10.5. The van der Waals surface area contributed by atoms with Gasteiger partial charge in [-0.3, -0.25) is 4.79 Å². The van der Waals surface area contributed by atoms with Crippen LogP contribution in [0.5, 0.6) is 0 Å². The summed E-state index contributed by atoms with van der Waals surface area (Å²) in [5.74, 6) is 0.229.